The number of hydrogen-bond donors (Lipinski definition) is 3. The average molecular weight is 713 g/mol. The molecule has 0 unspecified atom stereocenters. The molecular formula is C38H47F3N4O6. The number of urea groups is 1. The Bertz CT molecular complexity index is 1610. The first-order valence-electron chi connectivity index (χ1n) is 17.1. The first-order chi connectivity index (χ1) is 24.2. The third kappa shape index (κ3) is 11.4. The minimum absolute atomic E-state index is 0.0599. The van der Waals surface area contributed by atoms with Crippen LogP contribution in [-0.4, -0.2) is 84.4 Å². The van der Waals surface area contributed by atoms with Crippen molar-refractivity contribution in [3.63, 3.8) is 0 Å². The molecule has 0 aromatic heterocycles. The minimum atomic E-state index is -4.51. The molecule has 13 heteroatoms. The second-order valence-corrected chi connectivity index (χ2v) is 13.1. The molecule has 1 aliphatic heterocycles. The number of ether oxygens (including phenoxy) is 2. The number of rotatable bonds is 8. The van der Waals surface area contributed by atoms with Crippen LogP contribution in [0.3, 0.4) is 0 Å². The second-order valence-electron chi connectivity index (χ2n) is 13.1. The van der Waals surface area contributed by atoms with E-state index in [0.717, 1.165) is 42.7 Å². The van der Waals surface area contributed by atoms with Crippen LogP contribution in [0.25, 0.3) is 0 Å². The van der Waals surface area contributed by atoms with Gasteiger partial charge in [-0.25, -0.2) is 4.79 Å². The van der Waals surface area contributed by atoms with Gasteiger partial charge in [-0.15, -0.1) is 0 Å². The molecule has 3 aromatic carbocycles. The summed E-state index contributed by atoms with van der Waals surface area (Å²) in [5.74, 6) is -0.450. The van der Waals surface area contributed by atoms with E-state index in [9.17, 15) is 32.7 Å². The van der Waals surface area contributed by atoms with E-state index < -0.39 is 35.8 Å². The number of anilines is 2. The molecule has 0 radical (unpaired) electrons. The van der Waals surface area contributed by atoms with Gasteiger partial charge < -0.3 is 35.0 Å². The monoisotopic (exact) mass is 712 g/mol. The molecule has 4 rings (SSSR count). The van der Waals surface area contributed by atoms with Crippen LogP contribution >= 0.6 is 0 Å². The summed E-state index contributed by atoms with van der Waals surface area (Å²) in [4.78, 5) is 43.5. The Morgan fingerprint density at radius 3 is 2.33 bits per heavy atom. The highest BCUT2D eigenvalue weighted by Gasteiger charge is 2.32. The molecule has 10 nitrogen and oxygen atoms in total. The fourth-order valence-electron chi connectivity index (χ4n) is 5.78. The van der Waals surface area contributed by atoms with Gasteiger partial charge in [0.15, 0.2) is 0 Å². The Morgan fingerprint density at radius 2 is 1.67 bits per heavy atom. The summed E-state index contributed by atoms with van der Waals surface area (Å²) in [5, 5.41) is 15.4. The van der Waals surface area contributed by atoms with Gasteiger partial charge in [-0.1, -0.05) is 37.3 Å². The van der Waals surface area contributed by atoms with Crippen molar-refractivity contribution in [2.75, 3.05) is 44.0 Å². The first kappa shape index (κ1) is 39.2. The van der Waals surface area contributed by atoms with E-state index in [4.69, 9.17) is 9.47 Å². The Kier molecular flexibility index (Phi) is 13.9. The molecule has 3 aromatic rings. The molecular weight excluding hydrogens is 665 g/mol. The third-order valence-electron chi connectivity index (χ3n) is 8.86. The maximum atomic E-state index is 14.4. The van der Waals surface area contributed by atoms with E-state index in [1.165, 1.54) is 11.0 Å². The average Bonchev–Trinajstić information content (AvgIpc) is 3.09. The van der Waals surface area contributed by atoms with Gasteiger partial charge in [0.2, 0.25) is 5.91 Å². The van der Waals surface area contributed by atoms with Gasteiger partial charge in [0, 0.05) is 44.0 Å². The normalized spacial score (nSPS) is 19.6. The highest BCUT2D eigenvalue weighted by atomic mass is 19.4. The van der Waals surface area contributed by atoms with Crippen molar-refractivity contribution in [3.8, 4) is 5.75 Å². The predicted molar refractivity (Wildman–Crippen MR) is 189 cm³/mol. The number of fused-ring (bicyclic) bond motifs is 1. The molecule has 4 amide bonds. The maximum absolute atomic E-state index is 14.4. The lowest BCUT2D eigenvalue weighted by atomic mass is 10.0. The summed E-state index contributed by atoms with van der Waals surface area (Å²) < 4.78 is 51.5. The first-order valence-corrected chi connectivity index (χ1v) is 17.1. The molecule has 0 fully saturated rings. The molecule has 51 heavy (non-hydrogen) atoms. The number of nitrogens with zero attached hydrogens (tertiary/aromatic N) is 2. The summed E-state index contributed by atoms with van der Waals surface area (Å²) in [5.41, 5.74) is 0.612. The second kappa shape index (κ2) is 18.0. The lowest BCUT2D eigenvalue weighted by molar-refractivity contribution is -0.137. The molecule has 0 bridgehead atoms. The van der Waals surface area contributed by atoms with Crippen LogP contribution in [0.5, 0.6) is 5.75 Å². The van der Waals surface area contributed by atoms with Crippen LogP contribution in [-0.2, 0) is 22.1 Å². The Hall–Kier alpha value is -4.62. The number of nitrogens with one attached hydrogen (secondary N) is 2. The molecule has 276 valence electrons. The molecule has 1 heterocycles. The number of carbonyl (C=O) groups is 3. The predicted octanol–water partition coefficient (Wildman–Crippen LogP) is 6.85. The topological polar surface area (TPSA) is 120 Å². The largest absolute Gasteiger partial charge is 0.490 e. The molecule has 0 spiro atoms. The number of hydrogen-bond acceptors (Lipinski definition) is 6. The van der Waals surface area contributed by atoms with Crippen LogP contribution in [0.4, 0.5) is 29.3 Å². The number of benzene rings is 3. The Balaban J connectivity index is 1.56. The Labute approximate surface area is 296 Å². The van der Waals surface area contributed by atoms with Gasteiger partial charge in [-0.2, -0.15) is 13.2 Å². The van der Waals surface area contributed by atoms with Crippen molar-refractivity contribution in [1.82, 2.24) is 9.80 Å². The van der Waals surface area contributed by atoms with E-state index in [2.05, 4.69) is 10.6 Å². The van der Waals surface area contributed by atoms with E-state index in [1.54, 1.807) is 31.0 Å². The lowest BCUT2D eigenvalue weighted by Gasteiger charge is -2.36. The highest BCUT2D eigenvalue weighted by Crippen LogP contribution is 2.31. The quantitative estimate of drug-likeness (QED) is 0.235. The van der Waals surface area contributed by atoms with Crippen LogP contribution < -0.4 is 15.4 Å². The lowest BCUT2D eigenvalue weighted by Crippen LogP contribution is -2.48. The zero-order chi connectivity index (χ0) is 37.1. The molecule has 4 atom stereocenters. The van der Waals surface area contributed by atoms with E-state index in [0.29, 0.717) is 25.3 Å². The molecule has 0 saturated carbocycles. The van der Waals surface area contributed by atoms with Crippen LogP contribution in [0.2, 0.25) is 0 Å². The van der Waals surface area contributed by atoms with E-state index in [-0.39, 0.29) is 54.4 Å². The van der Waals surface area contributed by atoms with Crippen molar-refractivity contribution in [1.29, 1.82) is 0 Å². The van der Waals surface area contributed by atoms with Gasteiger partial charge in [-0.05, 0) is 81.1 Å². The zero-order valence-corrected chi connectivity index (χ0v) is 29.4. The third-order valence-corrected chi connectivity index (χ3v) is 8.86. The van der Waals surface area contributed by atoms with E-state index in [1.807, 2.05) is 44.2 Å². The highest BCUT2D eigenvalue weighted by molar-refractivity contribution is 6.02. The van der Waals surface area contributed by atoms with Crippen molar-refractivity contribution in [2.24, 2.45) is 5.92 Å². The van der Waals surface area contributed by atoms with Gasteiger partial charge >= 0.3 is 12.2 Å². The minimum Gasteiger partial charge on any atom is -0.490 e. The van der Waals surface area contributed by atoms with Crippen molar-refractivity contribution >= 4 is 29.2 Å². The number of aliphatic hydroxyl groups excluding tert-OH is 1. The van der Waals surface area contributed by atoms with Crippen LogP contribution in [0.1, 0.15) is 61.5 Å². The zero-order valence-electron chi connectivity index (χ0n) is 29.4. The fourth-order valence-corrected chi connectivity index (χ4v) is 5.78. The molecule has 0 saturated heterocycles. The summed E-state index contributed by atoms with van der Waals surface area (Å²) in [7, 11) is 1.74. The van der Waals surface area contributed by atoms with Crippen molar-refractivity contribution < 1.29 is 42.1 Å². The maximum Gasteiger partial charge on any atom is 0.416 e. The fraction of sp³-hybridized carbons (Fsp3) is 0.447. The number of aliphatic hydroxyl groups is 1. The van der Waals surface area contributed by atoms with Crippen LogP contribution in [0, 0.1) is 5.92 Å². The van der Waals surface area contributed by atoms with Gasteiger partial charge in [0.25, 0.3) is 5.91 Å². The standard InChI is InChI=1S/C38H47F3N4O6/c1-25-22-45(26(2)24-46)36(48)32-21-31(43-37(49)42-30-15-13-29(14-16-30)38(39,40)41)17-18-33(32)51-27(3)10-8-9-19-50-34(25)23-44(4)35(47)20-28-11-6-5-7-12-28/h5-7,11-18,21,25-27,34,46H,8-10,19-20,22-24H2,1-4H3,(H2,42,43,49)/t25-,26+,27+,34+/m0/s1. The summed E-state index contributed by atoms with van der Waals surface area (Å²) in [6.45, 7) is 6.21. The van der Waals surface area contributed by atoms with Crippen LogP contribution in [0.15, 0.2) is 72.8 Å². The Morgan fingerprint density at radius 1 is 1.00 bits per heavy atom. The summed E-state index contributed by atoms with van der Waals surface area (Å²) in [6, 6.07) is 16.8. The summed E-state index contributed by atoms with van der Waals surface area (Å²) >= 11 is 0. The molecule has 0 aliphatic carbocycles. The number of amides is 4. The molecule has 3 N–H and O–H groups in total. The van der Waals surface area contributed by atoms with Gasteiger partial charge in [0.1, 0.15) is 5.75 Å². The number of alkyl halides is 3. The number of carbonyl (C=O) groups excluding carboxylic acids is 3. The number of likely N-dealkylation sites (N-methyl/N-ethyl adjacent to an activating group) is 1. The molecule has 1 aliphatic rings. The van der Waals surface area contributed by atoms with Gasteiger partial charge in [-0.3, -0.25) is 9.59 Å². The SMILES string of the molecule is C[C@@H]1CCCCO[C@H](CN(C)C(=O)Cc2ccccc2)[C@@H](C)CN([C@H](C)CO)C(=O)c2cc(NC(=O)Nc3ccc(C(F)(F)F)cc3)ccc2O1. The number of halogens is 3. The summed E-state index contributed by atoms with van der Waals surface area (Å²) in [6.07, 6.45) is -2.69. The van der Waals surface area contributed by atoms with Crippen molar-refractivity contribution in [3.05, 3.63) is 89.5 Å². The van der Waals surface area contributed by atoms with Crippen molar-refractivity contribution in [2.45, 2.75) is 70.9 Å². The van der Waals surface area contributed by atoms with Gasteiger partial charge in [0.05, 0.1) is 42.4 Å². The van der Waals surface area contributed by atoms with E-state index >= 15 is 0 Å². The smallest absolute Gasteiger partial charge is 0.416 e.